The molecule has 0 saturated heterocycles. The first-order valence-corrected chi connectivity index (χ1v) is 6.40. The molecule has 1 aliphatic rings. The lowest BCUT2D eigenvalue weighted by atomic mass is 9.85. The van der Waals surface area contributed by atoms with E-state index in [9.17, 15) is 18.0 Å². The third-order valence-electron chi connectivity index (χ3n) is 3.33. The molecular weight excluding hydrogens is 245 g/mol. The van der Waals surface area contributed by atoms with Crippen LogP contribution in [0.1, 0.15) is 45.4 Å². The second-order valence-corrected chi connectivity index (χ2v) is 5.19. The SMILES string of the molecule is CC(N)CCC(=O)NC1CCCC(C(F)(F)F)C1. The molecule has 1 saturated carbocycles. The molecule has 0 radical (unpaired) electrons. The van der Waals surface area contributed by atoms with E-state index in [1.807, 2.05) is 0 Å². The van der Waals surface area contributed by atoms with Gasteiger partial charge in [0.25, 0.3) is 0 Å². The van der Waals surface area contributed by atoms with Gasteiger partial charge in [-0.2, -0.15) is 13.2 Å². The molecule has 3 nitrogen and oxygen atoms in total. The molecule has 0 aromatic heterocycles. The van der Waals surface area contributed by atoms with Gasteiger partial charge in [-0.3, -0.25) is 4.79 Å². The third kappa shape index (κ3) is 5.25. The van der Waals surface area contributed by atoms with Gasteiger partial charge in [0.15, 0.2) is 0 Å². The Morgan fingerprint density at radius 3 is 2.67 bits per heavy atom. The van der Waals surface area contributed by atoms with E-state index in [0.717, 1.165) is 0 Å². The summed E-state index contributed by atoms with van der Waals surface area (Å²) in [5.41, 5.74) is 5.52. The van der Waals surface area contributed by atoms with Gasteiger partial charge >= 0.3 is 6.18 Å². The summed E-state index contributed by atoms with van der Waals surface area (Å²) in [6.07, 6.45) is -1.97. The van der Waals surface area contributed by atoms with Crippen LogP contribution in [0.5, 0.6) is 0 Å². The predicted octanol–water partition coefficient (Wildman–Crippen LogP) is 2.35. The fourth-order valence-electron chi connectivity index (χ4n) is 2.28. The molecule has 0 bridgehead atoms. The lowest BCUT2D eigenvalue weighted by Gasteiger charge is -2.31. The molecule has 6 heteroatoms. The predicted molar refractivity (Wildman–Crippen MR) is 62.8 cm³/mol. The van der Waals surface area contributed by atoms with Gasteiger partial charge in [0, 0.05) is 18.5 Å². The summed E-state index contributed by atoms with van der Waals surface area (Å²) >= 11 is 0. The lowest BCUT2D eigenvalue weighted by Crippen LogP contribution is -2.41. The van der Waals surface area contributed by atoms with Crippen LogP contribution >= 0.6 is 0 Å². The molecule has 0 aromatic rings. The van der Waals surface area contributed by atoms with Crippen molar-refractivity contribution in [2.45, 2.75) is 63.7 Å². The zero-order chi connectivity index (χ0) is 13.8. The number of hydrogen-bond donors (Lipinski definition) is 2. The number of halogens is 3. The first-order chi connectivity index (χ1) is 8.29. The summed E-state index contributed by atoms with van der Waals surface area (Å²) in [6.45, 7) is 1.80. The van der Waals surface area contributed by atoms with Crippen molar-refractivity contribution in [3.05, 3.63) is 0 Å². The van der Waals surface area contributed by atoms with E-state index in [-0.39, 0.29) is 37.3 Å². The fraction of sp³-hybridized carbons (Fsp3) is 0.917. The average Bonchev–Trinajstić information content (AvgIpc) is 2.25. The van der Waals surface area contributed by atoms with Crippen molar-refractivity contribution in [2.24, 2.45) is 11.7 Å². The van der Waals surface area contributed by atoms with Crippen LogP contribution in [-0.2, 0) is 4.79 Å². The maximum absolute atomic E-state index is 12.6. The second kappa shape index (κ2) is 6.41. The highest BCUT2D eigenvalue weighted by molar-refractivity contribution is 5.76. The highest BCUT2D eigenvalue weighted by Gasteiger charge is 2.42. The van der Waals surface area contributed by atoms with Gasteiger partial charge in [-0.15, -0.1) is 0 Å². The van der Waals surface area contributed by atoms with Gasteiger partial charge in [-0.05, 0) is 32.6 Å². The van der Waals surface area contributed by atoms with Crippen molar-refractivity contribution in [1.82, 2.24) is 5.32 Å². The van der Waals surface area contributed by atoms with E-state index in [1.165, 1.54) is 0 Å². The molecule has 1 fully saturated rings. The zero-order valence-electron chi connectivity index (χ0n) is 10.6. The minimum Gasteiger partial charge on any atom is -0.353 e. The Labute approximate surface area is 105 Å². The highest BCUT2D eigenvalue weighted by atomic mass is 19.4. The molecule has 0 heterocycles. The Balaban J connectivity index is 2.36. The smallest absolute Gasteiger partial charge is 0.353 e. The highest BCUT2D eigenvalue weighted by Crippen LogP contribution is 2.37. The minimum atomic E-state index is -4.14. The van der Waals surface area contributed by atoms with E-state index in [0.29, 0.717) is 19.3 Å². The normalized spacial score (nSPS) is 26.7. The van der Waals surface area contributed by atoms with Crippen LogP contribution in [-0.4, -0.2) is 24.2 Å². The summed E-state index contributed by atoms with van der Waals surface area (Å²) < 4.78 is 37.7. The molecular formula is C12H21F3N2O. The lowest BCUT2D eigenvalue weighted by molar-refractivity contribution is -0.184. The maximum atomic E-state index is 12.6. The van der Waals surface area contributed by atoms with Gasteiger partial charge in [-0.25, -0.2) is 0 Å². The Bertz CT molecular complexity index is 279. The van der Waals surface area contributed by atoms with E-state index >= 15 is 0 Å². The standard InChI is InChI=1S/C12H21F3N2O/c1-8(16)5-6-11(18)17-10-4-2-3-9(7-10)12(13,14)15/h8-10H,2-7,16H2,1H3,(H,17,18). The summed E-state index contributed by atoms with van der Waals surface area (Å²) in [5, 5.41) is 2.68. The second-order valence-electron chi connectivity index (χ2n) is 5.19. The molecule has 0 aromatic carbocycles. The Hall–Kier alpha value is -0.780. The van der Waals surface area contributed by atoms with Gasteiger partial charge < -0.3 is 11.1 Å². The van der Waals surface area contributed by atoms with Crippen molar-refractivity contribution in [3.8, 4) is 0 Å². The number of rotatable bonds is 4. The zero-order valence-corrected chi connectivity index (χ0v) is 10.6. The van der Waals surface area contributed by atoms with Crippen molar-refractivity contribution in [3.63, 3.8) is 0 Å². The van der Waals surface area contributed by atoms with Crippen LogP contribution < -0.4 is 11.1 Å². The molecule has 106 valence electrons. The van der Waals surface area contributed by atoms with Gasteiger partial charge in [0.1, 0.15) is 0 Å². The molecule has 3 N–H and O–H groups in total. The average molecular weight is 266 g/mol. The monoisotopic (exact) mass is 266 g/mol. The Morgan fingerprint density at radius 2 is 2.11 bits per heavy atom. The first-order valence-electron chi connectivity index (χ1n) is 6.40. The fourth-order valence-corrected chi connectivity index (χ4v) is 2.28. The summed E-state index contributed by atoms with van der Waals surface area (Å²) in [7, 11) is 0. The molecule has 1 rings (SSSR count). The number of hydrogen-bond acceptors (Lipinski definition) is 2. The number of alkyl halides is 3. The summed E-state index contributed by atoms with van der Waals surface area (Å²) in [4.78, 5) is 11.5. The van der Waals surface area contributed by atoms with Crippen molar-refractivity contribution < 1.29 is 18.0 Å². The van der Waals surface area contributed by atoms with Gasteiger partial charge in [0.2, 0.25) is 5.91 Å². The number of nitrogens with one attached hydrogen (secondary N) is 1. The molecule has 3 atom stereocenters. The van der Waals surface area contributed by atoms with E-state index in [1.54, 1.807) is 6.92 Å². The van der Waals surface area contributed by atoms with E-state index < -0.39 is 12.1 Å². The number of carbonyl (C=O) groups is 1. The van der Waals surface area contributed by atoms with Crippen LogP contribution in [0, 0.1) is 5.92 Å². The quantitative estimate of drug-likeness (QED) is 0.820. The molecule has 1 aliphatic carbocycles. The number of amides is 1. The van der Waals surface area contributed by atoms with Crippen molar-refractivity contribution in [1.29, 1.82) is 0 Å². The van der Waals surface area contributed by atoms with Crippen LogP contribution in [0.2, 0.25) is 0 Å². The third-order valence-corrected chi connectivity index (χ3v) is 3.33. The maximum Gasteiger partial charge on any atom is 0.391 e. The van der Waals surface area contributed by atoms with Crippen molar-refractivity contribution in [2.75, 3.05) is 0 Å². The van der Waals surface area contributed by atoms with Crippen LogP contribution in [0.25, 0.3) is 0 Å². The number of carbonyl (C=O) groups excluding carboxylic acids is 1. The van der Waals surface area contributed by atoms with Crippen LogP contribution in [0.4, 0.5) is 13.2 Å². The Kier molecular flexibility index (Phi) is 5.44. The molecule has 0 spiro atoms. The Morgan fingerprint density at radius 1 is 1.44 bits per heavy atom. The van der Waals surface area contributed by atoms with Crippen molar-refractivity contribution >= 4 is 5.91 Å². The van der Waals surface area contributed by atoms with Crippen LogP contribution in [0.3, 0.4) is 0 Å². The van der Waals surface area contributed by atoms with E-state index in [4.69, 9.17) is 5.73 Å². The van der Waals surface area contributed by atoms with Crippen LogP contribution in [0.15, 0.2) is 0 Å². The molecule has 1 amide bonds. The first kappa shape index (κ1) is 15.3. The minimum absolute atomic E-state index is 0.00736. The van der Waals surface area contributed by atoms with Gasteiger partial charge in [-0.1, -0.05) is 6.42 Å². The molecule has 3 unspecified atom stereocenters. The molecule has 18 heavy (non-hydrogen) atoms. The largest absolute Gasteiger partial charge is 0.391 e. The summed E-state index contributed by atoms with van der Waals surface area (Å²) in [6, 6.07) is -0.406. The number of nitrogens with two attached hydrogens (primary N) is 1. The molecule has 0 aliphatic heterocycles. The summed E-state index contributed by atoms with van der Waals surface area (Å²) in [5.74, 6) is -1.47. The van der Waals surface area contributed by atoms with Gasteiger partial charge in [0.05, 0.1) is 5.92 Å². The van der Waals surface area contributed by atoms with E-state index in [2.05, 4.69) is 5.32 Å². The topological polar surface area (TPSA) is 55.1 Å².